The fraction of sp³-hybridized carbons (Fsp3) is 0.500. The number of rotatable bonds is 4. The quantitative estimate of drug-likeness (QED) is 0.425. The standard InChI is InChI=1S/C18H27N3O4Si/c1-18(2,3)26(4,5)25-13-11-14(22)21(20-16(19)17(23)24)15(13)12-9-7-6-8-10-12/h6-10,13,15H,11H2,1-5H3,(H2,19,20)(H,23,24). The number of benzene rings is 1. The Morgan fingerprint density at radius 2 is 1.88 bits per heavy atom. The number of carbonyl (C=O) groups is 2. The lowest BCUT2D eigenvalue weighted by Crippen LogP contribution is -2.49. The number of hydrazine groups is 1. The maximum atomic E-state index is 12.6. The van der Waals surface area contributed by atoms with Gasteiger partial charge in [0.1, 0.15) is 6.04 Å². The summed E-state index contributed by atoms with van der Waals surface area (Å²) in [6.45, 7) is 10.6. The Labute approximate surface area is 155 Å². The number of carboxylic acids is 1. The fourth-order valence-corrected chi connectivity index (χ4v) is 4.00. The predicted molar refractivity (Wildman–Crippen MR) is 101 cm³/mol. The average molecular weight is 378 g/mol. The lowest BCUT2D eigenvalue weighted by Gasteiger charge is -2.40. The number of nitrogens with one attached hydrogen (secondary N) is 2. The van der Waals surface area contributed by atoms with E-state index < -0.39 is 32.3 Å². The van der Waals surface area contributed by atoms with Crippen molar-refractivity contribution in [1.29, 1.82) is 5.41 Å². The van der Waals surface area contributed by atoms with Crippen molar-refractivity contribution in [2.24, 2.45) is 0 Å². The van der Waals surface area contributed by atoms with Gasteiger partial charge in [-0.1, -0.05) is 51.1 Å². The van der Waals surface area contributed by atoms with Crippen LogP contribution in [0.4, 0.5) is 0 Å². The molecule has 1 saturated heterocycles. The second-order valence-electron chi connectivity index (χ2n) is 8.03. The van der Waals surface area contributed by atoms with Crippen LogP contribution >= 0.6 is 0 Å². The normalized spacial score (nSPS) is 21.0. The first kappa shape index (κ1) is 20.1. The highest BCUT2D eigenvalue weighted by atomic mass is 28.4. The SMILES string of the molecule is CC(C)(C)[Si](C)(C)OC1CC(=O)N(NC(=N)C(=O)O)C1c1ccccc1. The topological polar surface area (TPSA) is 103 Å². The summed E-state index contributed by atoms with van der Waals surface area (Å²) in [7, 11) is -2.14. The zero-order chi connectivity index (χ0) is 19.7. The molecule has 1 heterocycles. The van der Waals surface area contributed by atoms with Gasteiger partial charge < -0.3 is 9.53 Å². The third-order valence-electron chi connectivity index (χ3n) is 5.11. The van der Waals surface area contributed by atoms with Gasteiger partial charge in [-0.05, 0) is 23.7 Å². The predicted octanol–water partition coefficient (Wildman–Crippen LogP) is 2.92. The zero-order valence-electron chi connectivity index (χ0n) is 15.9. The lowest BCUT2D eigenvalue weighted by atomic mass is 10.0. The van der Waals surface area contributed by atoms with E-state index in [1.54, 1.807) is 0 Å². The first-order valence-corrected chi connectivity index (χ1v) is 11.5. The van der Waals surface area contributed by atoms with Crippen LogP contribution < -0.4 is 5.43 Å². The van der Waals surface area contributed by atoms with Crippen molar-refractivity contribution in [2.45, 2.75) is 57.5 Å². The molecule has 2 unspecified atom stereocenters. The van der Waals surface area contributed by atoms with Crippen LogP contribution in [0, 0.1) is 5.41 Å². The smallest absolute Gasteiger partial charge is 0.372 e. The molecule has 8 heteroatoms. The van der Waals surface area contributed by atoms with E-state index in [0.717, 1.165) is 5.56 Å². The Bertz CT molecular complexity index is 700. The van der Waals surface area contributed by atoms with Gasteiger partial charge in [-0.2, -0.15) is 0 Å². The van der Waals surface area contributed by atoms with Gasteiger partial charge in [0.2, 0.25) is 11.7 Å². The number of hydrogen-bond acceptors (Lipinski definition) is 4. The highest BCUT2D eigenvalue weighted by Crippen LogP contribution is 2.42. The first-order valence-electron chi connectivity index (χ1n) is 8.57. The van der Waals surface area contributed by atoms with Crippen molar-refractivity contribution in [3.8, 4) is 0 Å². The largest absolute Gasteiger partial charge is 0.475 e. The Hall–Kier alpha value is -2.19. The van der Waals surface area contributed by atoms with E-state index in [9.17, 15) is 9.59 Å². The van der Waals surface area contributed by atoms with E-state index in [0.29, 0.717) is 0 Å². The van der Waals surface area contributed by atoms with Crippen molar-refractivity contribution in [1.82, 2.24) is 10.4 Å². The second kappa shape index (κ2) is 7.20. The molecule has 1 aliphatic rings. The van der Waals surface area contributed by atoms with Gasteiger partial charge in [0, 0.05) is 0 Å². The molecule has 1 aromatic rings. The first-order chi connectivity index (χ1) is 11.9. The number of carboxylic acid groups (broad SMARTS) is 1. The molecule has 0 aliphatic carbocycles. The highest BCUT2D eigenvalue weighted by Gasteiger charge is 2.48. The zero-order valence-corrected chi connectivity index (χ0v) is 16.9. The van der Waals surface area contributed by atoms with Crippen LogP contribution in [-0.2, 0) is 14.0 Å². The van der Waals surface area contributed by atoms with Gasteiger partial charge in [0.25, 0.3) is 0 Å². The number of amides is 1. The fourth-order valence-electron chi connectivity index (χ4n) is 2.68. The van der Waals surface area contributed by atoms with Gasteiger partial charge in [-0.15, -0.1) is 0 Å². The lowest BCUT2D eigenvalue weighted by molar-refractivity contribution is -0.132. The van der Waals surface area contributed by atoms with Crippen LogP contribution in [0.15, 0.2) is 30.3 Å². The Morgan fingerprint density at radius 1 is 1.31 bits per heavy atom. The maximum Gasteiger partial charge on any atom is 0.372 e. The van der Waals surface area contributed by atoms with Crippen LogP contribution in [0.2, 0.25) is 18.1 Å². The molecule has 0 bridgehead atoms. The van der Waals surface area contributed by atoms with E-state index in [2.05, 4.69) is 39.3 Å². The van der Waals surface area contributed by atoms with Gasteiger partial charge in [-0.3, -0.25) is 15.6 Å². The molecule has 0 spiro atoms. The van der Waals surface area contributed by atoms with Crippen molar-refractivity contribution in [3.05, 3.63) is 35.9 Å². The minimum atomic E-state index is -2.14. The number of nitrogens with zero attached hydrogens (tertiary/aromatic N) is 1. The maximum absolute atomic E-state index is 12.6. The monoisotopic (exact) mass is 377 g/mol. The van der Waals surface area contributed by atoms with E-state index in [-0.39, 0.29) is 17.4 Å². The van der Waals surface area contributed by atoms with Crippen molar-refractivity contribution >= 4 is 26.0 Å². The molecule has 2 rings (SSSR count). The molecule has 1 fully saturated rings. The van der Waals surface area contributed by atoms with Crippen LogP contribution in [0.3, 0.4) is 0 Å². The second-order valence-corrected chi connectivity index (χ2v) is 12.8. The number of hydrogen-bond donors (Lipinski definition) is 3. The third-order valence-corrected chi connectivity index (χ3v) is 9.62. The van der Waals surface area contributed by atoms with Crippen molar-refractivity contribution in [3.63, 3.8) is 0 Å². The number of amidine groups is 1. The molecule has 1 amide bonds. The molecule has 1 aromatic carbocycles. The van der Waals surface area contributed by atoms with E-state index >= 15 is 0 Å². The molecule has 0 saturated carbocycles. The molecule has 0 radical (unpaired) electrons. The summed E-state index contributed by atoms with van der Waals surface area (Å²) in [5.41, 5.74) is 3.27. The molecule has 3 N–H and O–H groups in total. The van der Waals surface area contributed by atoms with Gasteiger partial charge in [-0.25, -0.2) is 9.80 Å². The van der Waals surface area contributed by atoms with E-state index in [4.69, 9.17) is 14.9 Å². The Balaban J connectivity index is 2.37. The van der Waals surface area contributed by atoms with Gasteiger partial charge in [0.15, 0.2) is 8.32 Å². The molecule has 2 atom stereocenters. The summed E-state index contributed by atoms with van der Waals surface area (Å²) < 4.78 is 6.49. The molecule has 26 heavy (non-hydrogen) atoms. The van der Waals surface area contributed by atoms with Crippen LogP contribution in [0.25, 0.3) is 0 Å². The number of carbonyl (C=O) groups excluding carboxylic acids is 1. The molecule has 142 valence electrons. The summed E-state index contributed by atoms with van der Waals surface area (Å²) in [5.74, 6) is -2.45. The van der Waals surface area contributed by atoms with Crippen LogP contribution in [-0.4, -0.2) is 42.2 Å². The highest BCUT2D eigenvalue weighted by molar-refractivity contribution is 6.74. The van der Waals surface area contributed by atoms with Gasteiger partial charge in [0.05, 0.1) is 12.5 Å². The molecular formula is C18H27N3O4Si. The van der Waals surface area contributed by atoms with Crippen LogP contribution in [0.1, 0.15) is 38.8 Å². The Kier molecular flexibility index (Phi) is 5.57. The third kappa shape index (κ3) is 4.13. The summed E-state index contributed by atoms with van der Waals surface area (Å²) in [4.78, 5) is 23.6. The molecular weight excluding hydrogens is 350 g/mol. The van der Waals surface area contributed by atoms with E-state index in [1.807, 2.05) is 30.3 Å². The molecule has 1 aliphatic heterocycles. The number of aliphatic carboxylic acids is 1. The molecule has 0 aromatic heterocycles. The average Bonchev–Trinajstić information content (AvgIpc) is 2.81. The van der Waals surface area contributed by atoms with Crippen LogP contribution in [0.5, 0.6) is 0 Å². The van der Waals surface area contributed by atoms with Crippen molar-refractivity contribution < 1.29 is 19.1 Å². The summed E-state index contributed by atoms with van der Waals surface area (Å²) in [6, 6.07) is 8.87. The van der Waals surface area contributed by atoms with Gasteiger partial charge >= 0.3 is 5.97 Å². The van der Waals surface area contributed by atoms with Crippen molar-refractivity contribution in [2.75, 3.05) is 0 Å². The minimum absolute atomic E-state index is 0.0219. The summed E-state index contributed by atoms with van der Waals surface area (Å²) in [6.07, 6.45) is -0.258. The molecule has 7 nitrogen and oxygen atoms in total. The summed E-state index contributed by atoms with van der Waals surface area (Å²) >= 11 is 0. The van der Waals surface area contributed by atoms with E-state index in [1.165, 1.54) is 5.01 Å². The summed E-state index contributed by atoms with van der Waals surface area (Å²) in [5, 5.41) is 17.8. The Morgan fingerprint density at radius 3 is 2.38 bits per heavy atom. The minimum Gasteiger partial charge on any atom is -0.475 e.